The molecule has 0 aliphatic carbocycles. The number of hydrogen-bond acceptors (Lipinski definition) is 5. The Bertz CT molecular complexity index is 551. The van der Waals surface area contributed by atoms with Gasteiger partial charge in [-0.1, -0.05) is 44.2 Å². The van der Waals surface area contributed by atoms with E-state index in [1.54, 1.807) is 0 Å². The average molecular weight is 307 g/mol. The van der Waals surface area contributed by atoms with Crippen LogP contribution < -0.4 is 0 Å². The van der Waals surface area contributed by atoms with Crippen molar-refractivity contribution >= 4 is 17.7 Å². The molecule has 1 aromatic rings. The van der Waals surface area contributed by atoms with E-state index in [0.29, 0.717) is 4.74 Å². The van der Waals surface area contributed by atoms with E-state index in [-0.39, 0.29) is 11.6 Å². The molecule has 0 saturated carbocycles. The van der Waals surface area contributed by atoms with Gasteiger partial charge in [0.15, 0.2) is 6.04 Å². The first-order chi connectivity index (χ1) is 10.4. The second-order valence-corrected chi connectivity index (χ2v) is 5.12. The summed E-state index contributed by atoms with van der Waals surface area (Å²) in [6.07, 6.45) is -0.428. The summed E-state index contributed by atoms with van der Waals surface area (Å²) in [5.74, 6) is -1.57. The van der Waals surface area contributed by atoms with Crippen LogP contribution in [0.2, 0.25) is 0 Å². The minimum absolute atomic E-state index is 0.0720. The average Bonchev–Trinajstić information content (AvgIpc) is 2.52. The minimum Gasteiger partial charge on any atom is -0.623 e. The maximum Gasteiger partial charge on any atom is 0.400 e. The lowest BCUT2D eigenvalue weighted by Gasteiger charge is -2.22. The summed E-state index contributed by atoms with van der Waals surface area (Å²) < 4.78 is 9.72. The zero-order valence-corrected chi connectivity index (χ0v) is 13.2. The molecule has 6 heteroatoms. The Morgan fingerprint density at radius 1 is 1.14 bits per heavy atom. The Balaban J connectivity index is 3.33. The molecule has 1 rings (SSSR count). The van der Waals surface area contributed by atoms with Crippen molar-refractivity contribution < 1.29 is 23.8 Å². The molecule has 1 aromatic carbocycles. The maximum absolute atomic E-state index is 12.7. The largest absolute Gasteiger partial charge is 0.623 e. The summed E-state index contributed by atoms with van der Waals surface area (Å²) in [5, 5.41) is 12.7. The molecule has 0 aliphatic heterocycles. The molecule has 0 fully saturated rings. The third-order valence-corrected chi connectivity index (χ3v) is 3.25. The van der Waals surface area contributed by atoms with Crippen molar-refractivity contribution in [3.05, 3.63) is 41.1 Å². The van der Waals surface area contributed by atoms with E-state index in [0.717, 1.165) is 5.56 Å². The van der Waals surface area contributed by atoms with Gasteiger partial charge in [-0.3, -0.25) is 4.79 Å². The van der Waals surface area contributed by atoms with E-state index in [4.69, 9.17) is 0 Å². The van der Waals surface area contributed by atoms with Crippen LogP contribution in [0.25, 0.3) is 0 Å². The molecule has 6 nitrogen and oxygen atoms in total. The number of carbonyl (C=O) groups excluding carboxylic acids is 2. The molecular formula is C16H21NO5. The SMILES string of the molecule is COC(=O)C/C(C(=O)OC)=[N+](\[O-])C(c1ccccc1)C(C)C. The van der Waals surface area contributed by atoms with E-state index in [2.05, 4.69) is 9.47 Å². The highest BCUT2D eigenvalue weighted by Gasteiger charge is 2.32. The number of hydrogen-bond donors (Lipinski definition) is 0. The van der Waals surface area contributed by atoms with Crippen LogP contribution in [0, 0.1) is 11.1 Å². The van der Waals surface area contributed by atoms with Crippen LogP contribution in [-0.2, 0) is 19.1 Å². The molecule has 120 valence electrons. The molecule has 0 radical (unpaired) electrons. The predicted octanol–water partition coefficient (Wildman–Crippen LogP) is 2.07. The van der Waals surface area contributed by atoms with Crippen molar-refractivity contribution in [1.29, 1.82) is 0 Å². The zero-order chi connectivity index (χ0) is 16.7. The molecule has 0 N–H and O–H groups in total. The molecule has 22 heavy (non-hydrogen) atoms. The monoisotopic (exact) mass is 307 g/mol. The number of esters is 2. The van der Waals surface area contributed by atoms with Gasteiger partial charge in [-0.2, -0.15) is 4.74 Å². The highest BCUT2D eigenvalue weighted by atomic mass is 16.5. The first-order valence-electron chi connectivity index (χ1n) is 6.94. The summed E-state index contributed by atoms with van der Waals surface area (Å²) in [7, 11) is 2.36. The van der Waals surface area contributed by atoms with E-state index < -0.39 is 24.4 Å². The molecule has 1 unspecified atom stereocenters. The van der Waals surface area contributed by atoms with Crippen molar-refractivity contribution in [1.82, 2.24) is 0 Å². The van der Waals surface area contributed by atoms with Crippen LogP contribution in [0.5, 0.6) is 0 Å². The lowest BCUT2D eigenvalue weighted by molar-refractivity contribution is -0.517. The van der Waals surface area contributed by atoms with E-state index in [1.807, 2.05) is 44.2 Å². The van der Waals surface area contributed by atoms with Gasteiger partial charge in [0.2, 0.25) is 0 Å². The van der Waals surface area contributed by atoms with Gasteiger partial charge < -0.3 is 14.7 Å². The normalized spacial score (nSPS) is 13.3. The van der Waals surface area contributed by atoms with E-state index >= 15 is 0 Å². The molecule has 0 aromatic heterocycles. The van der Waals surface area contributed by atoms with Gasteiger partial charge in [0.1, 0.15) is 6.42 Å². The standard InChI is InChI=1S/C16H21NO5/c1-11(2)15(12-8-6-5-7-9-12)17(20)13(16(19)22-4)10-14(18)21-3/h5-9,11,15H,10H2,1-4H3/b17-13+. The van der Waals surface area contributed by atoms with Crippen LogP contribution in [0.15, 0.2) is 30.3 Å². The van der Waals surface area contributed by atoms with Crippen LogP contribution >= 0.6 is 0 Å². The second kappa shape index (κ2) is 8.17. The van der Waals surface area contributed by atoms with Gasteiger partial charge in [-0.05, 0) is 0 Å². The summed E-state index contributed by atoms with van der Waals surface area (Å²) in [6, 6.07) is 8.49. The lowest BCUT2D eigenvalue weighted by Crippen LogP contribution is -2.33. The topological polar surface area (TPSA) is 78.7 Å². The summed E-state index contributed by atoms with van der Waals surface area (Å²) >= 11 is 0. The molecule has 0 bridgehead atoms. The number of benzene rings is 1. The number of nitrogens with zero attached hydrogens (tertiary/aromatic N) is 1. The predicted molar refractivity (Wildman–Crippen MR) is 81.3 cm³/mol. The summed E-state index contributed by atoms with van der Waals surface area (Å²) in [4.78, 5) is 23.3. The summed E-state index contributed by atoms with van der Waals surface area (Å²) in [6.45, 7) is 3.74. The van der Waals surface area contributed by atoms with Crippen LogP contribution in [0.1, 0.15) is 31.9 Å². The number of carbonyl (C=O) groups is 2. The zero-order valence-electron chi connectivity index (χ0n) is 13.2. The molecule has 0 amide bonds. The molecule has 0 heterocycles. The maximum atomic E-state index is 12.7. The minimum atomic E-state index is -0.831. The van der Waals surface area contributed by atoms with Crippen molar-refractivity contribution in [2.75, 3.05) is 14.2 Å². The quantitative estimate of drug-likeness (QED) is 0.264. The number of methoxy groups -OCH3 is 2. The second-order valence-electron chi connectivity index (χ2n) is 5.12. The third-order valence-electron chi connectivity index (χ3n) is 3.25. The van der Waals surface area contributed by atoms with Crippen molar-refractivity contribution in [3.8, 4) is 0 Å². The molecular weight excluding hydrogens is 286 g/mol. The highest BCUT2D eigenvalue weighted by molar-refractivity contribution is 6.37. The van der Waals surface area contributed by atoms with Crippen LogP contribution in [-0.4, -0.2) is 36.6 Å². The van der Waals surface area contributed by atoms with Gasteiger partial charge in [0.05, 0.1) is 14.2 Å². The smallest absolute Gasteiger partial charge is 0.400 e. The third kappa shape index (κ3) is 4.31. The van der Waals surface area contributed by atoms with Gasteiger partial charge >= 0.3 is 11.9 Å². The van der Waals surface area contributed by atoms with Gasteiger partial charge in [-0.15, -0.1) is 0 Å². The Hall–Kier alpha value is -2.37. The fourth-order valence-electron chi connectivity index (χ4n) is 2.18. The Labute approximate surface area is 129 Å². The van der Waals surface area contributed by atoms with Crippen molar-refractivity contribution in [2.24, 2.45) is 5.92 Å². The van der Waals surface area contributed by atoms with E-state index in [1.165, 1.54) is 14.2 Å². The fourth-order valence-corrected chi connectivity index (χ4v) is 2.18. The Morgan fingerprint density at radius 2 is 1.73 bits per heavy atom. The first kappa shape index (κ1) is 17.7. The molecule has 1 atom stereocenters. The van der Waals surface area contributed by atoms with Crippen LogP contribution in [0.3, 0.4) is 0 Å². The Morgan fingerprint density at radius 3 is 2.18 bits per heavy atom. The first-order valence-corrected chi connectivity index (χ1v) is 6.94. The van der Waals surface area contributed by atoms with Crippen LogP contribution in [0.4, 0.5) is 0 Å². The van der Waals surface area contributed by atoms with Crippen molar-refractivity contribution in [3.63, 3.8) is 0 Å². The fraction of sp³-hybridized carbons (Fsp3) is 0.438. The number of rotatable bonds is 6. The van der Waals surface area contributed by atoms with Crippen molar-refractivity contribution in [2.45, 2.75) is 26.3 Å². The molecule has 0 aliphatic rings. The molecule has 0 saturated heterocycles. The van der Waals surface area contributed by atoms with Gasteiger partial charge in [-0.25, -0.2) is 4.79 Å². The number of ether oxygens (including phenoxy) is 2. The Kier molecular flexibility index (Phi) is 6.56. The van der Waals surface area contributed by atoms with E-state index in [9.17, 15) is 14.8 Å². The van der Waals surface area contributed by atoms with Gasteiger partial charge in [0.25, 0.3) is 5.71 Å². The van der Waals surface area contributed by atoms with Gasteiger partial charge in [0, 0.05) is 11.5 Å². The highest BCUT2D eigenvalue weighted by Crippen LogP contribution is 2.25. The summed E-state index contributed by atoms with van der Waals surface area (Å²) in [5.41, 5.74) is 0.496. The number of hydroxylamine groups is 1. The molecule has 0 spiro atoms. The lowest BCUT2D eigenvalue weighted by atomic mass is 9.96.